The summed E-state index contributed by atoms with van der Waals surface area (Å²) in [6.07, 6.45) is 3.35. The molecule has 0 aliphatic heterocycles. The van der Waals surface area contributed by atoms with Crippen molar-refractivity contribution in [1.82, 2.24) is 0 Å². The van der Waals surface area contributed by atoms with Crippen molar-refractivity contribution in [3.8, 4) is 16.9 Å². The molecule has 0 radical (unpaired) electrons. The van der Waals surface area contributed by atoms with E-state index < -0.39 is 23.3 Å². The first kappa shape index (κ1) is 19.4. The molecule has 0 saturated heterocycles. The van der Waals surface area contributed by atoms with Crippen LogP contribution in [0.2, 0.25) is 0 Å². The number of hydrogen-bond donors (Lipinski definition) is 0. The Morgan fingerprint density at radius 1 is 0.889 bits per heavy atom. The van der Waals surface area contributed by atoms with Crippen LogP contribution in [0.1, 0.15) is 44.1 Å². The maximum atomic E-state index is 14.7. The molecule has 2 nitrogen and oxygen atoms in total. The quantitative estimate of drug-likeness (QED) is 0.485. The number of hydrogen-bond acceptors (Lipinski definition) is 2. The highest BCUT2D eigenvalue weighted by molar-refractivity contribution is 5.67. The van der Waals surface area contributed by atoms with E-state index in [9.17, 15) is 22.4 Å². The van der Waals surface area contributed by atoms with Crippen LogP contribution in [0, 0.1) is 29.2 Å². The predicted octanol–water partition coefficient (Wildman–Crippen LogP) is 5.78. The van der Waals surface area contributed by atoms with Gasteiger partial charge in [0.25, 0.3) is 0 Å². The zero-order valence-corrected chi connectivity index (χ0v) is 14.9. The standard InChI is InChI=1S/C21H20F4O2/c1-2-27-17-10-9-16(20(24)21(17)25)15-8-7-14(18(22)19(15)23)13-5-3-12(11-26)4-6-13/h7-13H,2-6H2,1H3. The van der Waals surface area contributed by atoms with Gasteiger partial charge in [-0.05, 0) is 56.2 Å². The second-order valence-corrected chi connectivity index (χ2v) is 6.75. The Balaban J connectivity index is 1.94. The zero-order chi connectivity index (χ0) is 19.6. The minimum absolute atomic E-state index is 0.0330. The van der Waals surface area contributed by atoms with Crippen molar-refractivity contribution in [3.05, 3.63) is 53.1 Å². The molecule has 3 rings (SSSR count). The summed E-state index contributed by atoms with van der Waals surface area (Å²) in [5, 5.41) is 0. The van der Waals surface area contributed by atoms with Gasteiger partial charge in [-0.3, -0.25) is 0 Å². The summed E-state index contributed by atoms with van der Waals surface area (Å²) in [7, 11) is 0. The first-order valence-corrected chi connectivity index (χ1v) is 9.02. The van der Waals surface area contributed by atoms with Crippen LogP contribution >= 0.6 is 0 Å². The van der Waals surface area contributed by atoms with Crippen LogP contribution in [-0.4, -0.2) is 12.9 Å². The Morgan fingerprint density at radius 3 is 2.07 bits per heavy atom. The maximum absolute atomic E-state index is 14.7. The average Bonchev–Trinajstić information content (AvgIpc) is 2.68. The zero-order valence-electron chi connectivity index (χ0n) is 14.9. The summed E-state index contributed by atoms with van der Waals surface area (Å²) < 4.78 is 62.7. The van der Waals surface area contributed by atoms with Gasteiger partial charge in [0.05, 0.1) is 6.61 Å². The molecule has 0 atom stereocenters. The molecule has 2 aromatic carbocycles. The Hall–Kier alpha value is -2.37. The molecule has 1 aliphatic carbocycles. The van der Waals surface area contributed by atoms with Crippen LogP contribution < -0.4 is 4.74 Å². The van der Waals surface area contributed by atoms with Gasteiger partial charge in [-0.15, -0.1) is 0 Å². The fraction of sp³-hybridized carbons (Fsp3) is 0.381. The van der Waals surface area contributed by atoms with Gasteiger partial charge in [0.2, 0.25) is 5.82 Å². The summed E-state index contributed by atoms with van der Waals surface area (Å²) in [6, 6.07) is 5.07. The van der Waals surface area contributed by atoms with Crippen LogP contribution in [-0.2, 0) is 4.79 Å². The Bertz CT molecular complexity index is 843. The van der Waals surface area contributed by atoms with Crippen molar-refractivity contribution in [1.29, 1.82) is 0 Å². The number of halogens is 4. The minimum Gasteiger partial charge on any atom is -0.491 e. The second-order valence-electron chi connectivity index (χ2n) is 6.75. The van der Waals surface area contributed by atoms with E-state index in [4.69, 9.17) is 4.74 Å². The summed E-state index contributed by atoms with van der Waals surface area (Å²) in [4.78, 5) is 10.8. The Kier molecular flexibility index (Phi) is 5.82. The molecule has 27 heavy (non-hydrogen) atoms. The molecule has 1 fully saturated rings. The largest absolute Gasteiger partial charge is 0.491 e. The van der Waals surface area contributed by atoms with Crippen molar-refractivity contribution in [3.63, 3.8) is 0 Å². The molecule has 0 spiro atoms. The van der Waals surface area contributed by atoms with Crippen molar-refractivity contribution in [2.24, 2.45) is 5.92 Å². The lowest BCUT2D eigenvalue weighted by Gasteiger charge is -2.26. The topological polar surface area (TPSA) is 26.3 Å². The SMILES string of the molecule is CCOc1ccc(-c2ccc(C3CCC(C=O)CC3)c(F)c2F)c(F)c1F. The van der Waals surface area contributed by atoms with Gasteiger partial charge in [0.1, 0.15) is 6.29 Å². The van der Waals surface area contributed by atoms with Gasteiger partial charge in [-0.25, -0.2) is 13.2 Å². The highest BCUT2D eigenvalue weighted by Crippen LogP contribution is 2.39. The van der Waals surface area contributed by atoms with Crippen LogP contribution in [0.4, 0.5) is 17.6 Å². The lowest BCUT2D eigenvalue weighted by molar-refractivity contribution is -0.111. The molecule has 0 bridgehead atoms. The van der Waals surface area contributed by atoms with Crippen molar-refractivity contribution in [2.45, 2.75) is 38.5 Å². The third kappa shape index (κ3) is 3.70. The molecule has 0 heterocycles. The fourth-order valence-corrected chi connectivity index (χ4v) is 3.66. The van der Waals surface area contributed by atoms with Gasteiger partial charge in [-0.1, -0.05) is 12.1 Å². The third-order valence-electron chi connectivity index (χ3n) is 5.15. The van der Waals surface area contributed by atoms with E-state index in [1.807, 2.05) is 0 Å². The van der Waals surface area contributed by atoms with Crippen molar-refractivity contribution >= 4 is 6.29 Å². The minimum atomic E-state index is -1.28. The van der Waals surface area contributed by atoms with E-state index >= 15 is 0 Å². The fourth-order valence-electron chi connectivity index (χ4n) is 3.66. The second kappa shape index (κ2) is 8.11. The number of benzene rings is 2. The van der Waals surface area contributed by atoms with Crippen molar-refractivity contribution < 1.29 is 27.1 Å². The van der Waals surface area contributed by atoms with Crippen LogP contribution in [0.25, 0.3) is 11.1 Å². The highest BCUT2D eigenvalue weighted by Gasteiger charge is 2.27. The van der Waals surface area contributed by atoms with E-state index in [0.717, 1.165) is 6.29 Å². The summed E-state index contributed by atoms with van der Waals surface area (Å²) in [5.74, 6) is -5.25. The molecule has 0 unspecified atom stereocenters. The lowest BCUT2D eigenvalue weighted by Crippen LogP contribution is -2.15. The third-order valence-corrected chi connectivity index (χ3v) is 5.15. The van der Waals surface area contributed by atoms with Gasteiger partial charge < -0.3 is 9.53 Å². The lowest BCUT2D eigenvalue weighted by atomic mass is 9.79. The van der Waals surface area contributed by atoms with E-state index in [2.05, 4.69) is 0 Å². The van der Waals surface area contributed by atoms with E-state index in [-0.39, 0.29) is 40.9 Å². The molecular weight excluding hydrogens is 360 g/mol. The van der Waals surface area contributed by atoms with E-state index in [1.54, 1.807) is 6.92 Å². The van der Waals surface area contributed by atoms with Gasteiger partial charge >= 0.3 is 0 Å². The van der Waals surface area contributed by atoms with Crippen LogP contribution in [0.15, 0.2) is 24.3 Å². The normalized spacial score (nSPS) is 19.7. The smallest absolute Gasteiger partial charge is 0.201 e. The van der Waals surface area contributed by atoms with Crippen molar-refractivity contribution in [2.75, 3.05) is 6.61 Å². The van der Waals surface area contributed by atoms with Crippen LogP contribution in [0.5, 0.6) is 5.75 Å². The first-order valence-electron chi connectivity index (χ1n) is 9.02. The molecule has 0 N–H and O–H groups in total. The summed E-state index contributed by atoms with van der Waals surface area (Å²) >= 11 is 0. The van der Waals surface area contributed by atoms with Gasteiger partial charge in [0, 0.05) is 17.0 Å². The number of carbonyl (C=O) groups excluding carboxylic acids is 1. The monoisotopic (exact) mass is 380 g/mol. The molecule has 1 aliphatic rings. The van der Waals surface area contributed by atoms with Crippen LogP contribution in [0.3, 0.4) is 0 Å². The summed E-state index contributed by atoms with van der Waals surface area (Å²) in [5.41, 5.74) is -0.478. The Morgan fingerprint density at radius 2 is 1.48 bits per heavy atom. The van der Waals surface area contributed by atoms with E-state index in [0.29, 0.717) is 25.7 Å². The average molecular weight is 380 g/mol. The van der Waals surface area contributed by atoms with Gasteiger partial charge in [0.15, 0.2) is 23.2 Å². The number of rotatable bonds is 5. The maximum Gasteiger partial charge on any atom is 0.201 e. The van der Waals surface area contributed by atoms with Gasteiger partial charge in [-0.2, -0.15) is 4.39 Å². The molecule has 1 saturated carbocycles. The molecule has 6 heteroatoms. The molecule has 0 aromatic heterocycles. The molecular formula is C21H20F4O2. The molecule has 0 amide bonds. The Labute approximate surface area is 155 Å². The van der Waals surface area contributed by atoms with E-state index in [1.165, 1.54) is 24.3 Å². The highest BCUT2D eigenvalue weighted by atomic mass is 19.2. The first-order chi connectivity index (χ1) is 13.0. The predicted molar refractivity (Wildman–Crippen MR) is 93.6 cm³/mol. The number of carbonyl (C=O) groups is 1. The molecule has 2 aromatic rings. The number of ether oxygens (including phenoxy) is 1. The number of aldehydes is 1. The summed E-state index contributed by atoms with van der Waals surface area (Å²) in [6.45, 7) is 1.78. The molecule has 144 valence electrons.